The second-order valence-electron chi connectivity index (χ2n) is 6.06. The zero-order valence-corrected chi connectivity index (χ0v) is 12.8. The summed E-state index contributed by atoms with van der Waals surface area (Å²) in [6.45, 7) is 4.72. The molecule has 2 saturated heterocycles. The van der Waals surface area contributed by atoms with Crippen LogP contribution >= 0.6 is 0 Å². The minimum absolute atomic E-state index is 0.0160. The number of likely N-dealkylation sites (tertiary alicyclic amines) is 1. The van der Waals surface area contributed by atoms with Gasteiger partial charge in [-0.25, -0.2) is 8.42 Å². The number of amides is 2. The van der Waals surface area contributed by atoms with Crippen LogP contribution in [0.5, 0.6) is 0 Å². The maximum absolute atomic E-state index is 12.0. The lowest BCUT2D eigenvalue weighted by molar-refractivity contribution is -0.129. The van der Waals surface area contributed by atoms with Crippen molar-refractivity contribution in [1.29, 1.82) is 0 Å². The molecule has 0 saturated carbocycles. The molecule has 2 amide bonds. The van der Waals surface area contributed by atoms with E-state index in [2.05, 4.69) is 5.32 Å². The van der Waals surface area contributed by atoms with E-state index in [0.717, 1.165) is 0 Å². The van der Waals surface area contributed by atoms with E-state index >= 15 is 0 Å². The standard InChI is InChI=1S/C13H22N2O4S/c1-9(2)15-7-11(5-12(15)16)13(17)14-6-10-3-4-20(18,19)8-10/h9-11H,3-8H2,1-2H3,(H,14,17). The predicted octanol–water partition coefficient (Wildman–Crippen LogP) is -0.206. The highest BCUT2D eigenvalue weighted by Gasteiger charge is 2.36. The first kappa shape index (κ1) is 15.3. The molecule has 2 heterocycles. The van der Waals surface area contributed by atoms with Crippen LogP contribution < -0.4 is 5.32 Å². The maximum atomic E-state index is 12.0. The maximum Gasteiger partial charge on any atom is 0.225 e. The fourth-order valence-corrected chi connectivity index (χ4v) is 4.69. The van der Waals surface area contributed by atoms with E-state index in [9.17, 15) is 18.0 Å². The molecule has 7 heteroatoms. The molecular formula is C13H22N2O4S. The number of nitrogens with zero attached hydrogens (tertiary/aromatic N) is 1. The van der Waals surface area contributed by atoms with Gasteiger partial charge in [-0.3, -0.25) is 9.59 Å². The van der Waals surface area contributed by atoms with Crippen molar-refractivity contribution < 1.29 is 18.0 Å². The molecule has 6 nitrogen and oxygen atoms in total. The highest BCUT2D eigenvalue weighted by molar-refractivity contribution is 7.91. The van der Waals surface area contributed by atoms with Crippen molar-refractivity contribution in [2.24, 2.45) is 11.8 Å². The van der Waals surface area contributed by atoms with Crippen molar-refractivity contribution in [3.8, 4) is 0 Å². The van der Waals surface area contributed by atoms with E-state index in [0.29, 0.717) is 19.5 Å². The first-order chi connectivity index (χ1) is 9.28. The highest BCUT2D eigenvalue weighted by Crippen LogP contribution is 2.21. The van der Waals surface area contributed by atoms with Crippen molar-refractivity contribution in [2.75, 3.05) is 24.6 Å². The molecule has 2 unspecified atom stereocenters. The molecule has 0 bridgehead atoms. The Kier molecular flexibility index (Phi) is 4.36. The molecule has 20 heavy (non-hydrogen) atoms. The predicted molar refractivity (Wildman–Crippen MR) is 74.7 cm³/mol. The normalized spacial score (nSPS) is 29.1. The largest absolute Gasteiger partial charge is 0.355 e. The molecule has 2 aliphatic heterocycles. The molecule has 0 aliphatic carbocycles. The molecule has 1 N–H and O–H groups in total. The number of nitrogens with one attached hydrogen (secondary N) is 1. The molecule has 0 spiro atoms. The van der Waals surface area contributed by atoms with Gasteiger partial charge in [0.1, 0.15) is 0 Å². The van der Waals surface area contributed by atoms with Crippen molar-refractivity contribution in [3.05, 3.63) is 0 Å². The average Bonchev–Trinajstić information content (AvgIpc) is 2.89. The Morgan fingerprint density at radius 3 is 2.65 bits per heavy atom. The summed E-state index contributed by atoms with van der Waals surface area (Å²) in [5.74, 6) is -0.0227. The van der Waals surface area contributed by atoms with Crippen molar-refractivity contribution in [3.63, 3.8) is 0 Å². The van der Waals surface area contributed by atoms with Crippen molar-refractivity contribution in [1.82, 2.24) is 10.2 Å². The third kappa shape index (κ3) is 3.50. The number of sulfone groups is 1. The zero-order valence-electron chi connectivity index (χ0n) is 12.0. The van der Waals surface area contributed by atoms with E-state index in [-0.39, 0.29) is 47.6 Å². The summed E-state index contributed by atoms with van der Waals surface area (Å²) in [7, 11) is -2.90. The van der Waals surface area contributed by atoms with Gasteiger partial charge in [-0.2, -0.15) is 0 Å². The molecule has 0 aromatic carbocycles. The lowest BCUT2D eigenvalue weighted by atomic mass is 10.1. The third-order valence-electron chi connectivity index (χ3n) is 4.04. The molecule has 2 atom stereocenters. The summed E-state index contributed by atoms with van der Waals surface area (Å²) >= 11 is 0. The zero-order chi connectivity index (χ0) is 14.9. The van der Waals surface area contributed by atoms with E-state index in [1.807, 2.05) is 13.8 Å². The molecule has 2 fully saturated rings. The van der Waals surface area contributed by atoms with Crippen LogP contribution in [-0.2, 0) is 19.4 Å². The van der Waals surface area contributed by atoms with Crippen LogP contribution in [0.4, 0.5) is 0 Å². The Labute approximate surface area is 119 Å². The first-order valence-corrected chi connectivity index (χ1v) is 8.88. The van der Waals surface area contributed by atoms with Crippen LogP contribution in [0.25, 0.3) is 0 Å². The summed E-state index contributed by atoms with van der Waals surface area (Å²) in [6, 6.07) is 0.111. The monoisotopic (exact) mass is 302 g/mol. The number of carbonyl (C=O) groups is 2. The molecule has 0 aromatic rings. The molecule has 2 aliphatic rings. The number of hydrogen-bond acceptors (Lipinski definition) is 4. The second-order valence-corrected chi connectivity index (χ2v) is 8.28. The molecular weight excluding hydrogens is 280 g/mol. The van der Waals surface area contributed by atoms with Crippen LogP contribution in [0.2, 0.25) is 0 Å². The summed E-state index contributed by atoms with van der Waals surface area (Å²) < 4.78 is 22.7. The Bertz CT molecular complexity index is 501. The van der Waals surface area contributed by atoms with Crippen LogP contribution in [0.1, 0.15) is 26.7 Å². The SMILES string of the molecule is CC(C)N1CC(C(=O)NCC2CCS(=O)(=O)C2)CC1=O. The fourth-order valence-electron chi connectivity index (χ4n) is 2.83. The summed E-state index contributed by atoms with van der Waals surface area (Å²) in [4.78, 5) is 25.5. The van der Waals surface area contributed by atoms with Gasteiger partial charge in [-0.15, -0.1) is 0 Å². The van der Waals surface area contributed by atoms with E-state index < -0.39 is 9.84 Å². The Hall–Kier alpha value is -1.11. The van der Waals surface area contributed by atoms with Gasteiger partial charge in [-0.1, -0.05) is 0 Å². The molecule has 2 rings (SSSR count). The van der Waals surface area contributed by atoms with Crippen LogP contribution in [-0.4, -0.2) is 55.8 Å². The quantitative estimate of drug-likeness (QED) is 0.779. The highest BCUT2D eigenvalue weighted by atomic mass is 32.2. The fraction of sp³-hybridized carbons (Fsp3) is 0.846. The van der Waals surface area contributed by atoms with Gasteiger partial charge in [0.05, 0.1) is 17.4 Å². The van der Waals surface area contributed by atoms with E-state index in [4.69, 9.17) is 0 Å². The molecule has 0 aromatic heterocycles. The summed E-state index contributed by atoms with van der Waals surface area (Å²) in [5.41, 5.74) is 0. The number of rotatable bonds is 4. The van der Waals surface area contributed by atoms with E-state index in [1.165, 1.54) is 0 Å². The van der Waals surface area contributed by atoms with Gasteiger partial charge in [0.15, 0.2) is 9.84 Å². The van der Waals surface area contributed by atoms with Crippen LogP contribution in [0.15, 0.2) is 0 Å². The second kappa shape index (κ2) is 5.71. The van der Waals surface area contributed by atoms with Crippen LogP contribution in [0, 0.1) is 11.8 Å². The average molecular weight is 302 g/mol. The van der Waals surface area contributed by atoms with E-state index in [1.54, 1.807) is 4.90 Å². The number of hydrogen-bond donors (Lipinski definition) is 1. The number of carbonyl (C=O) groups excluding carboxylic acids is 2. The lowest BCUT2D eigenvalue weighted by Gasteiger charge is -2.20. The summed E-state index contributed by atoms with van der Waals surface area (Å²) in [5, 5.41) is 2.80. The summed E-state index contributed by atoms with van der Waals surface area (Å²) in [6.07, 6.45) is 0.872. The smallest absolute Gasteiger partial charge is 0.225 e. The Balaban J connectivity index is 1.80. The van der Waals surface area contributed by atoms with Gasteiger partial charge >= 0.3 is 0 Å². The lowest BCUT2D eigenvalue weighted by Crippen LogP contribution is -2.37. The first-order valence-electron chi connectivity index (χ1n) is 7.06. The van der Waals surface area contributed by atoms with Gasteiger partial charge in [0.25, 0.3) is 0 Å². The van der Waals surface area contributed by atoms with Gasteiger partial charge < -0.3 is 10.2 Å². The third-order valence-corrected chi connectivity index (χ3v) is 5.88. The minimum Gasteiger partial charge on any atom is -0.355 e. The Morgan fingerprint density at radius 2 is 2.15 bits per heavy atom. The molecule has 0 radical (unpaired) electrons. The van der Waals surface area contributed by atoms with Gasteiger partial charge in [0, 0.05) is 25.6 Å². The van der Waals surface area contributed by atoms with Gasteiger partial charge in [-0.05, 0) is 26.2 Å². The van der Waals surface area contributed by atoms with Crippen LogP contribution in [0.3, 0.4) is 0 Å². The van der Waals surface area contributed by atoms with Crippen molar-refractivity contribution >= 4 is 21.7 Å². The van der Waals surface area contributed by atoms with Gasteiger partial charge in [0.2, 0.25) is 11.8 Å². The molecule has 114 valence electrons. The topological polar surface area (TPSA) is 83.6 Å². The Morgan fingerprint density at radius 1 is 1.45 bits per heavy atom. The minimum atomic E-state index is -2.90. The van der Waals surface area contributed by atoms with Crippen molar-refractivity contribution in [2.45, 2.75) is 32.7 Å².